The summed E-state index contributed by atoms with van der Waals surface area (Å²) in [7, 11) is -4.76. The van der Waals surface area contributed by atoms with Gasteiger partial charge in [0.15, 0.2) is 10.3 Å². The molecule has 8 nitrogen and oxygen atoms in total. The normalized spacial score (nSPS) is 48.4. The lowest BCUT2D eigenvalue weighted by Gasteiger charge is -2.64. The van der Waals surface area contributed by atoms with Gasteiger partial charge in [0.1, 0.15) is 0 Å². The molecule has 4 fully saturated rings. The van der Waals surface area contributed by atoms with Crippen molar-refractivity contribution in [3.63, 3.8) is 0 Å². The van der Waals surface area contributed by atoms with Crippen molar-refractivity contribution in [2.45, 2.75) is 96.8 Å². The molecule has 0 saturated heterocycles. The molecule has 11 atom stereocenters. The molecule has 0 aromatic heterocycles. The van der Waals surface area contributed by atoms with Gasteiger partial charge in [-0.05, 0) is 97.7 Å². The van der Waals surface area contributed by atoms with Gasteiger partial charge in [-0.3, -0.25) is 4.79 Å². The molecular weight excluding hydrogens is 446 g/mol. The van der Waals surface area contributed by atoms with Gasteiger partial charge in [0, 0.05) is 6.42 Å². The summed E-state index contributed by atoms with van der Waals surface area (Å²) >= 11 is 0. The highest BCUT2D eigenvalue weighted by Crippen LogP contribution is 2.68. The molecule has 0 bridgehead atoms. The minimum absolute atomic E-state index is 0.0806. The Hall–Kier alpha value is -0.740. The molecular formula is C24H40NO7S-. The Morgan fingerprint density at radius 3 is 2.33 bits per heavy atom. The molecule has 4 rings (SSSR count). The highest BCUT2D eigenvalue weighted by atomic mass is 32.2. The van der Waals surface area contributed by atoms with E-state index in [1.165, 1.54) is 0 Å². The van der Waals surface area contributed by atoms with E-state index in [4.69, 9.17) is 5.11 Å². The molecule has 0 aromatic rings. The van der Waals surface area contributed by atoms with Gasteiger partial charge >= 0.3 is 5.97 Å². The van der Waals surface area contributed by atoms with Crippen molar-refractivity contribution in [3.05, 3.63) is 0 Å². The minimum Gasteiger partial charge on any atom is -0.735 e. The van der Waals surface area contributed by atoms with Crippen molar-refractivity contribution in [3.8, 4) is 0 Å². The summed E-state index contributed by atoms with van der Waals surface area (Å²) in [6.45, 7) is 6.58. The zero-order valence-corrected chi connectivity index (χ0v) is 20.8. The van der Waals surface area contributed by atoms with E-state index < -0.39 is 34.5 Å². The third-order valence-corrected chi connectivity index (χ3v) is 11.2. The second kappa shape index (κ2) is 8.73. The fraction of sp³-hybridized carbons (Fsp3) is 0.958. The lowest BCUT2D eigenvalue weighted by Crippen LogP contribution is -2.68. The number of aliphatic carboxylic acids is 1. The van der Waals surface area contributed by atoms with Crippen molar-refractivity contribution in [1.82, 2.24) is 4.72 Å². The van der Waals surface area contributed by atoms with Crippen LogP contribution < -0.4 is 4.72 Å². The molecule has 0 amide bonds. The molecule has 4 N–H and O–H groups in total. The van der Waals surface area contributed by atoms with Crippen LogP contribution in [0.15, 0.2) is 0 Å². The fourth-order valence-electron chi connectivity index (χ4n) is 9.12. The van der Waals surface area contributed by atoms with Gasteiger partial charge in [-0.25, -0.2) is 13.1 Å². The molecule has 4 saturated carbocycles. The third-order valence-electron chi connectivity index (χ3n) is 10.6. The van der Waals surface area contributed by atoms with Crippen molar-refractivity contribution in [2.24, 2.45) is 46.3 Å². The standard InChI is InChI=1S/C24H41NO7S/c1-13(4-7-19(27)28)15-5-6-16-20-17(9-11-23(15,16)2)24(3)10-8-14(26)12-18(24)22(29)21(20)25-33(30,31)32/h13-18,20-22,25-26,29H,4-12H2,1-3H3,(H,27,28)(H,30,31,32)/p-1/t13-,14-,15-,16+,17+,18+,20+,21+,22-,23-,24-/m1/s1. The zero-order chi connectivity index (χ0) is 24.3. The van der Waals surface area contributed by atoms with Crippen LogP contribution in [-0.4, -0.2) is 52.5 Å². The maximum atomic E-state index is 11.8. The summed E-state index contributed by atoms with van der Waals surface area (Å²) in [5.41, 5.74) is -0.286. The Morgan fingerprint density at radius 2 is 1.70 bits per heavy atom. The van der Waals surface area contributed by atoms with E-state index in [9.17, 15) is 28.0 Å². The number of carboxylic acid groups (broad SMARTS) is 1. The second-order valence-electron chi connectivity index (χ2n) is 12.1. The Kier molecular flexibility index (Phi) is 6.71. The number of aliphatic hydroxyl groups excluding tert-OH is 2. The number of carboxylic acids is 1. The van der Waals surface area contributed by atoms with E-state index in [0.717, 1.165) is 32.1 Å². The molecule has 4 aliphatic rings. The van der Waals surface area contributed by atoms with Gasteiger partial charge in [0.2, 0.25) is 0 Å². The van der Waals surface area contributed by atoms with Crippen LogP contribution in [-0.2, 0) is 15.1 Å². The number of rotatable bonds is 6. The first kappa shape index (κ1) is 25.4. The lowest BCUT2D eigenvalue weighted by atomic mass is 9.42. The largest absolute Gasteiger partial charge is 0.735 e. The van der Waals surface area contributed by atoms with E-state index in [1.807, 2.05) is 0 Å². The summed E-state index contributed by atoms with van der Waals surface area (Å²) in [4.78, 5) is 11.1. The van der Waals surface area contributed by atoms with Crippen LogP contribution in [0, 0.1) is 46.3 Å². The molecule has 0 heterocycles. The van der Waals surface area contributed by atoms with Crippen LogP contribution in [0.2, 0.25) is 0 Å². The lowest BCUT2D eigenvalue weighted by molar-refractivity contribution is -0.184. The first-order valence-corrected chi connectivity index (χ1v) is 14.0. The number of aliphatic hydroxyl groups is 2. The predicted octanol–water partition coefficient (Wildman–Crippen LogP) is 2.51. The summed E-state index contributed by atoms with van der Waals surface area (Å²) in [5.74, 6) is -0.277. The number of carbonyl (C=O) groups is 1. The molecule has 0 spiro atoms. The second-order valence-corrected chi connectivity index (χ2v) is 13.2. The summed E-state index contributed by atoms with van der Waals surface area (Å²) < 4.78 is 37.8. The number of hydrogen-bond acceptors (Lipinski definition) is 6. The van der Waals surface area contributed by atoms with E-state index in [1.54, 1.807) is 0 Å². The van der Waals surface area contributed by atoms with Crippen LogP contribution in [0.3, 0.4) is 0 Å². The monoisotopic (exact) mass is 486 g/mol. The number of fused-ring (bicyclic) bond motifs is 5. The third kappa shape index (κ3) is 4.37. The Bertz CT molecular complexity index is 865. The number of hydrogen-bond donors (Lipinski definition) is 4. The average Bonchev–Trinajstić information content (AvgIpc) is 3.07. The van der Waals surface area contributed by atoms with E-state index in [2.05, 4.69) is 25.5 Å². The maximum Gasteiger partial charge on any atom is 0.303 e. The SMILES string of the molecule is C[C@H](CCC(=O)O)[C@H]1CC[C@H]2[C@@H]3[C@H](NS(=O)(=O)[O-])[C@H](O)[C@@H]4C[C@H](O)CC[C@]4(C)[C@H]3CC[C@]12C. The highest BCUT2D eigenvalue weighted by Gasteiger charge is 2.65. The van der Waals surface area contributed by atoms with Crippen molar-refractivity contribution >= 4 is 16.3 Å². The minimum atomic E-state index is -4.76. The Morgan fingerprint density at radius 1 is 1.06 bits per heavy atom. The molecule has 4 aliphatic carbocycles. The summed E-state index contributed by atoms with van der Waals surface area (Å²) in [5, 5.41) is 30.9. The molecule has 33 heavy (non-hydrogen) atoms. The van der Waals surface area contributed by atoms with Crippen LogP contribution >= 0.6 is 0 Å². The summed E-state index contributed by atoms with van der Waals surface area (Å²) in [6.07, 6.45) is 4.86. The van der Waals surface area contributed by atoms with Gasteiger partial charge in [0.25, 0.3) is 0 Å². The van der Waals surface area contributed by atoms with Crippen LogP contribution in [0.4, 0.5) is 0 Å². The van der Waals surface area contributed by atoms with Crippen LogP contribution in [0.25, 0.3) is 0 Å². The van der Waals surface area contributed by atoms with Gasteiger partial charge in [0.05, 0.1) is 18.2 Å². The smallest absolute Gasteiger partial charge is 0.303 e. The quantitative estimate of drug-likeness (QED) is 0.422. The summed E-state index contributed by atoms with van der Waals surface area (Å²) in [6, 6.07) is -0.849. The fourth-order valence-corrected chi connectivity index (χ4v) is 9.75. The first-order chi connectivity index (χ1) is 15.3. The van der Waals surface area contributed by atoms with E-state index >= 15 is 0 Å². The maximum absolute atomic E-state index is 11.8. The number of nitrogens with one attached hydrogen (secondary N) is 1. The van der Waals surface area contributed by atoms with Crippen LogP contribution in [0.5, 0.6) is 0 Å². The molecule has 0 unspecified atom stereocenters. The van der Waals surface area contributed by atoms with Gasteiger partial charge in [-0.1, -0.05) is 20.8 Å². The highest BCUT2D eigenvalue weighted by molar-refractivity contribution is 7.83. The first-order valence-electron chi connectivity index (χ1n) is 12.6. The van der Waals surface area contributed by atoms with Crippen molar-refractivity contribution < 1.29 is 33.1 Å². The topological polar surface area (TPSA) is 147 Å². The van der Waals surface area contributed by atoms with Gasteiger partial charge in [-0.15, -0.1) is 0 Å². The van der Waals surface area contributed by atoms with Gasteiger partial charge in [-0.2, -0.15) is 0 Å². The van der Waals surface area contributed by atoms with Crippen LogP contribution in [0.1, 0.15) is 78.6 Å². The Balaban J connectivity index is 1.69. The molecule has 0 aromatic carbocycles. The molecule has 0 aliphatic heterocycles. The average molecular weight is 487 g/mol. The molecule has 190 valence electrons. The van der Waals surface area contributed by atoms with E-state index in [0.29, 0.717) is 25.2 Å². The molecule has 9 heteroatoms. The van der Waals surface area contributed by atoms with Crippen molar-refractivity contribution in [2.75, 3.05) is 0 Å². The predicted molar refractivity (Wildman–Crippen MR) is 121 cm³/mol. The molecule has 0 radical (unpaired) electrons. The Labute approximate surface area is 197 Å². The zero-order valence-electron chi connectivity index (χ0n) is 19.9. The van der Waals surface area contributed by atoms with Gasteiger partial charge < -0.3 is 19.9 Å². The van der Waals surface area contributed by atoms with Crippen molar-refractivity contribution in [1.29, 1.82) is 0 Å². The van der Waals surface area contributed by atoms with E-state index in [-0.39, 0.29) is 46.8 Å².